The second-order valence-electron chi connectivity index (χ2n) is 4.06. The molecular formula is C11H17ClN2O3S2. The van der Waals surface area contributed by atoms with Crippen LogP contribution in [0.2, 0.25) is 5.02 Å². The van der Waals surface area contributed by atoms with Crippen molar-refractivity contribution in [1.29, 1.82) is 0 Å². The molecule has 0 amide bonds. The van der Waals surface area contributed by atoms with Crippen LogP contribution in [0, 0.1) is 0 Å². The van der Waals surface area contributed by atoms with Gasteiger partial charge in [0.2, 0.25) is 10.0 Å². The van der Waals surface area contributed by atoms with Crippen LogP contribution in [0.3, 0.4) is 0 Å². The number of nitrogens with one attached hydrogen (secondary N) is 1. The third kappa shape index (κ3) is 4.25. The Hall–Kier alpha value is -0.470. The Kier molecular flexibility index (Phi) is 5.94. The van der Waals surface area contributed by atoms with E-state index in [1.807, 2.05) is 6.26 Å². The quantitative estimate of drug-likeness (QED) is 0.686. The Balaban J connectivity index is 2.98. The fourth-order valence-electron chi connectivity index (χ4n) is 1.56. The Morgan fingerprint density at radius 2 is 2.16 bits per heavy atom. The number of aliphatic hydroxyl groups excluding tert-OH is 1. The summed E-state index contributed by atoms with van der Waals surface area (Å²) in [5, 5.41) is 9.01. The summed E-state index contributed by atoms with van der Waals surface area (Å²) in [5.41, 5.74) is 5.92. The van der Waals surface area contributed by atoms with E-state index in [1.165, 1.54) is 30.0 Å². The Morgan fingerprint density at radius 3 is 2.63 bits per heavy atom. The van der Waals surface area contributed by atoms with Crippen molar-refractivity contribution in [3.8, 4) is 0 Å². The maximum absolute atomic E-state index is 12.2. The van der Waals surface area contributed by atoms with Crippen LogP contribution < -0.4 is 10.5 Å². The molecule has 2 unspecified atom stereocenters. The lowest BCUT2D eigenvalue weighted by Crippen LogP contribution is -2.41. The molecule has 0 bridgehead atoms. The number of rotatable bonds is 6. The number of nitrogen functional groups attached to an aromatic ring is 1. The lowest BCUT2D eigenvalue weighted by atomic mass is 10.3. The summed E-state index contributed by atoms with van der Waals surface area (Å²) in [7, 11) is -3.73. The summed E-state index contributed by atoms with van der Waals surface area (Å²) < 4.78 is 26.9. The minimum atomic E-state index is -3.73. The van der Waals surface area contributed by atoms with Gasteiger partial charge in [0.05, 0.1) is 11.6 Å². The zero-order chi connectivity index (χ0) is 14.6. The van der Waals surface area contributed by atoms with E-state index in [1.54, 1.807) is 6.92 Å². The summed E-state index contributed by atoms with van der Waals surface area (Å²) in [6.45, 7) is 1.58. The molecule has 8 heteroatoms. The molecule has 0 aliphatic heterocycles. The van der Waals surface area contributed by atoms with Gasteiger partial charge in [0.15, 0.2) is 0 Å². The van der Waals surface area contributed by atoms with E-state index in [-0.39, 0.29) is 21.8 Å². The smallest absolute Gasteiger partial charge is 0.242 e. The van der Waals surface area contributed by atoms with Gasteiger partial charge in [-0.3, -0.25) is 0 Å². The predicted molar refractivity (Wildman–Crippen MR) is 80.0 cm³/mol. The molecule has 0 aliphatic carbocycles. The summed E-state index contributed by atoms with van der Waals surface area (Å²) in [4.78, 5) is -0.0204. The average Bonchev–Trinajstić information content (AvgIpc) is 2.29. The number of sulfonamides is 1. The third-order valence-corrected chi connectivity index (χ3v) is 5.83. The molecule has 0 saturated carbocycles. The number of hydrogen-bond donors (Lipinski definition) is 3. The summed E-state index contributed by atoms with van der Waals surface area (Å²) in [6.07, 6.45) is 1.81. The molecule has 1 aromatic carbocycles. The van der Waals surface area contributed by atoms with Crippen LogP contribution in [0.25, 0.3) is 0 Å². The van der Waals surface area contributed by atoms with Crippen molar-refractivity contribution in [3.63, 3.8) is 0 Å². The first-order chi connectivity index (χ1) is 8.81. The summed E-state index contributed by atoms with van der Waals surface area (Å²) >= 11 is 7.28. The van der Waals surface area contributed by atoms with E-state index in [9.17, 15) is 8.42 Å². The maximum atomic E-state index is 12.2. The normalized spacial score (nSPS) is 15.2. The van der Waals surface area contributed by atoms with Crippen LogP contribution in [0.1, 0.15) is 6.92 Å². The van der Waals surface area contributed by atoms with Crippen LogP contribution >= 0.6 is 23.4 Å². The molecule has 0 radical (unpaired) electrons. The number of aliphatic hydroxyl groups is 1. The van der Waals surface area contributed by atoms with E-state index in [4.69, 9.17) is 22.4 Å². The van der Waals surface area contributed by atoms with Crippen molar-refractivity contribution >= 4 is 39.1 Å². The first kappa shape index (κ1) is 16.6. The number of thioether (sulfide) groups is 1. The van der Waals surface area contributed by atoms with Gasteiger partial charge in [0.25, 0.3) is 0 Å². The fourth-order valence-corrected chi connectivity index (χ4v) is 4.10. The molecule has 0 heterocycles. The molecular weight excluding hydrogens is 308 g/mol. The standard InChI is InChI=1S/C11H17ClN2O3S2/c1-7(10(6-15)18-2)14-19(16,17)11-4-3-8(13)5-9(11)12/h3-5,7,10,14-15H,6,13H2,1-2H3. The highest BCUT2D eigenvalue weighted by Gasteiger charge is 2.24. The summed E-state index contributed by atoms with van der Waals surface area (Å²) in [5.74, 6) is 0. The van der Waals surface area contributed by atoms with Gasteiger partial charge in [-0.25, -0.2) is 13.1 Å². The second kappa shape index (κ2) is 6.81. The van der Waals surface area contributed by atoms with Crippen molar-refractivity contribution in [2.75, 3.05) is 18.6 Å². The molecule has 5 nitrogen and oxygen atoms in total. The average molecular weight is 325 g/mol. The van der Waals surface area contributed by atoms with Crippen molar-refractivity contribution < 1.29 is 13.5 Å². The molecule has 19 heavy (non-hydrogen) atoms. The Morgan fingerprint density at radius 1 is 1.53 bits per heavy atom. The topological polar surface area (TPSA) is 92.4 Å². The van der Waals surface area contributed by atoms with Crippen molar-refractivity contribution in [3.05, 3.63) is 23.2 Å². The van der Waals surface area contributed by atoms with Gasteiger partial charge in [-0.05, 0) is 31.4 Å². The minimum Gasteiger partial charge on any atom is -0.399 e. The molecule has 1 rings (SSSR count). The zero-order valence-electron chi connectivity index (χ0n) is 10.6. The number of nitrogens with two attached hydrogens (primary N) is 1. The lowest BCUT2D eigenvalue weighted by Gasteiger charge is -2.21. The number of anilines is 1. The van der Waals surface area contributed by atoms with Crippen molar-refractivity contribution in [2.24, 2.45) is 0 Å². The molecule has 1 aromatic rings. The largest absolute Gasteiger partial charge is 0.399 e. The Labute approximate surface area is 122 Å². The first-order valence-corrected chi connectivity index (χ1v) is 8.67. The highest BCUT2D eigenvalue weighted by atomic mass is 35.5. The van der Waals surface area contributed by atoms with Gasteiger partial charge in [0, 0.05) is 17.0 Å². The molecule has 0 saturated heterocycles. The zero-order valence-corrected chi connectivity index (χ0v) is 13.0. The van der Waals surface area contributed by atoms with Crippen LogP contribution in [0.5, 0.6) is 0 Å². The van der Waals surface area contributed by atoms with Gasteiger partial charge >= 0.3 is 0 Å². The SMILES string of the molecule is CSC(CO)C(C)NS(=O)(=O)c1ccc(N)cc1Cl. The third-order valence-electron chi connectivity index (χ3n) is 2.63. The van der Waals surface area contributed by atoms with Crippen molar-refractivity contribution in [1.82, 2.24) is 4.72 Å². The molecule has 0 aliphatic rings. The van der Waals surface area contributed by atoms with E-state index in [2.05, 4.69) is 4.72 Å². The van der Waals surface area contributed by atoms with E-state index < -0.39 is 16.1 Å². The van der Waals surface area contributed by atoms with Crippen LogP contribution in [0.15, 0.2) is 23.1 Å². The minimum absolute atomic E-state index is 0.0204. The molecule has 4 N–H and O–H groups in total. The number of hydrogen-bond acceptors (Lipinski definition) is 5. The molecule has 108 valence electrons. The fraction of sp³-hybridized carbons (Fsp3) is 0.455. The van der Waals surface area contributed by atoms with Gasteiger partial charge in [-0.1, -0.05) is 11.6 Å². The van der Waals surface area contributed by atoms with Gasteiger partial charge < -0.3 is 10.8 Å². The van der Waals surface area contributed by atoms with E-state index in [0.717, 1.165) is 0 Å². The van der Waals surface area contributed by atoms with E-state index in [0.29, 0.717) is 5.69 Å². The highest BCUT2D eigenvalue weighted by Crippen LogP contribution is 2.24. The van der Waals surface area contributed by atoms with Gasteiger partial charge in [-0.2, -0.15) is 11.8 Å². The van der Waals surface area contributed by atoms with Crippen LogP contribution in [-0.2, 0) is 10.0 Å². The van der Waals surface area contributed by atoms with Crippen molar-refractivity contribution in [2.45, 2.75) is 23.1 Å². The lowest BCUT2D eigenvalue weighted by molar-refractivity contribution is 0.282. The van der Waals surface area contributed by atoms with Crippen LogP contribution in [0.4, 0.5) is 5.69 Å². The Bertz CT molecular complexity index is 533. The van der Waals surface area contributed by atoms with E-state index >= 15 is 0 Å². The number of benzene rings is 1. The molecule has 0 spiro atoms. The maximum Gasteiger partial charge on any atom is 0.242 e. The molecule has 2 atom stereocenters. The second-order valence-corrected chi connectivity index (χ2v) is 7.22. The highest BCUT2D eigenvalue weighted by molar-refractivity contribution is 7.99. The monoisotopic (exact) mass is 324 g/mol. The first-order valence-electron chi connectivity index (χ1n) is 5.53. The van der Waals surface area contributed by atoms with Crippen LogP contribution in [-0.4, -0.2) is 37.7 Å². The number of halogens is 1. The molecule has 0 aromatic heterocycles. The predicted octanol–water partition coefficient (Wildman–Crippen LogP) is 1.31. The van der Waals surface area contributed by atoms with Gasteiger partial charge in [0.1, 0.15) is 4.90 Å². The summed E-state index contributed by atoms with van der Waals surface area (Å²) in [6, 6.07) is 3.81. The van der Waals surface area contributed by atoms with Gasteiger partial charge in [-0.15, -0.1) is 0 Å². The molecule has 0 fully saturated rings.